The maximum Gasteiger partial charge on any atom is 0.353 e. The highest BCUT2D eigenvalue weighted by Crippen LogP contribution is 2.43. The molecule has 0 aliphatic carbocycles. The summed E-state index contributed by atoms with van der Waals surface area (Å²) in [4.78, 5) is 36.0. The van der Waals surface area contributed by atoms with E-state index in [1.807, 2.05) is 13.8 Å². The Labute approximate surface area is 258 Å². The zero-order valence-electron chi connectivity index (χ0n) is 23.2. The van der Waals surface area contributed by atoms with Gasteiger partial charge in [-0.15, -0.1) is 11.3 Å². The van der Waals surface area contributed by atoms with Crippen molar-refractivity contribution in [2.45, 2.75) is 45.7 Å². The highest BCUT2D eigenvalue weighted by Gasteiger charge is 2.29. The fraction of sp³-hybridized carbons (Fsp3) is 0.393. The molecule has 0 radical (unpaired) electrons. The average molecular weight is 683 g/mol. The third-order valence-corrected chi connectivity index (χ3v) is 9.98. The van der Waals surface area contributed by atoms with E-state index in [0.29, 0.717) is 40.6 Å². The van der Waals surface area contributed by atoms with Crippen molar-refractivity contribution in [1.29, 1.82) is 0 Å². The van der Waals surface area contributed by atoms with E-state index in [9.17, 15) is 36.3 Å². The molecule has 1 heterocycles. The summed E-state index contributed by atoms with van der Waals surface area (Å²) in [6, 6.07) is 6.62. The van der Waals surface area contributed by atoms with Crippen molar-refractivity contribution in [1.82, 2.24) is 0 Å². The number of carbonyl (C=O) groups is 3. The number of rotatable bonds is 16. The first kappa shape index (κ1) is 35.4. The van der Waals surface area contributed by atoms with Crippen LogP contribution in [0, 0.1) is 29.1 Å². The topological polar surface area (TPSA) is 78.9 Å². The number of halogens is 5. The van der Waals surface area contributed by atoms with Gasteiger partial charge in [0.15, 0.2) is 18.6 Å². The Morgan fingerprint density at radius 3 is 1.86 bits per heavy atom. The lowest BCUT2D eigenvalue weighted by atomic mass is 10.2. The number of thioether (sulfide) groups is 2. The third kappa shape index (κ3) is 10.2. The molecule has 0 saturated heterocycles. The summed E-state index contributed by atoms with van der Waals surface area (Å²) in [6.45, 7) is 4.41. The van der Waals surface area contributed by atoms with Gasteiger partial charge in [-0.1, -0.05) is 43.4 Å². The molecule has 0 fully saturated rings. The van der Waals surface area contributed by atoms with Crippen molar-refractivity contribution in [2.24, 2.45) is 0 Å². The van der Waals surface area contributed by atoms with E-state index in [4.69, 9.17) is 9.05 Å². The molecule has 0 aliphatic heterocycles. The maximum atomic E-state index is 14.0. The number of thiophene rings is 1. The van der Waals surface area contributed by atoms with Crippen LogP contribution in [0.2, 0.25) is 0 Å². The molecule has 0 N–H and O–H groups in total. The summed E-state index contributed by atoms with van der Waals surface area (Å²) in [5.74, 6) is -13.3. The van der Waals surface area contributed by atoms with E-state index in [2.05, 4.69) is 4.74 Å². The van der Waals surface area contributed by atoms with E-state index >= 15 is 0 Å². The van der Waals surface area contributed by atoms with E-state index < -0.39 is 49.2 Å². The van der Waals surface area contributed by atoms with Crippen LogP contribution in [0.5, 0.6) is 5.75 Å². The molecule has 43 heavy (non-hydrogen) atoms. The average Bonchev–Trinajstić information content (AvgIpc) is 3.41. The lowest BCUT2D eigenvalue weighted by Crippen LogP contribution is -2.12. The minimum atomic E-state index is -2.36. The summed E-state index contributed by atoms with van der Waals surface area (Å²) in [5.41, 5.74) is 0.778. The van der Waals surface area contributed by atoms with E-state index in [0.717, 1.165) is 29.7 Å². The van der Waals surface area contributed by atoms with Crippen LogP contribution in [0.15, 0.2) is 24.3 Å². The Bertz CT molecular complexity index is 1400. The Morgan fingerprint density at radius 2 is 1.33 bits per heavy atom. The first-order chi connectivity index (χ1) is 20.5. The first-order valence-corrected chi connectivity index (χ1v) is 17.3. The number of carbonyl (C=O) groups excluding carboxylic acids is 3. The molecule has 0 saturated carbocycles. The van der Waals surface area contributed by atoms with Gasteiger partial charge in [0.2, 0.25) is 34.8 Å². The molecule has 0 atom stereocenters. The van der Waals surface area contributed by atoms with Gasteiger partial charge in [0.1, 0.15) is 4.88 Å². The second kappa shape index (κ2) is 17.4. The predicted molar refractivity (Wildman–Crippen MR) is 160 cm³/mol. The summed E-state index contributed by atoms with van der Waals surface area (Å²) in [5, 5.41) is 0.738. The van der Waals surface area contributed by atoms with Crippen LogP contribution in [0.3, 0.4) is 0 Å². The lowest BCUT2D eigenvalue weighted by Gasteiger charge is -2.17. The minimum Gasteiger partial charge on any atom is -0.416 e. The van der Waals surface area contributed by atoms with Crippen LogP contribution < -0.4 is 4.74 Å². The zero-order valence-corrected chi connectivity index (χ0v) is 26.5. The highest BCUT2D eigenvalue weighted by molar-refractivity contribution is 8.13. The van der Waals surface area contributed by atoms with Gasteiger partial charge in [-0.2, -0.15) is 8.78 Å². The molecule has 0 aliphatic rings. The van der Waals surface area contributed by atoms with Crippen molar-refractivity contribution < 1.29 is 50.1 Å². The monoisotopic (exact) mass is 682 g/mol. The fourth-order valence-electron chi connectivity index (χ4n) is 3.53. The van der Waals surface area contributed by atoms with Gasteiger partial charge in [0, 0.05) is 35.2 Å². The predicted octanol–water partition coefficient (Wildman–Crippen LogP) is 8.78. The fourth-order valence-corrected chi connectivity index (χ4v) is 7.52. The Balaban J connectivity index is 1.69. The van der Waals surface area contributed by atoms with Crippen molar-refractivity contribution in [3.8, 4) is 5.75 Å². The minimum absolute atomic E-state index is 0.0830. The molecule has 0 spiro atoms. The highest BCUT2D eigenvalue weighted by atomic mass is 32.2. The number of hydrogen-bond acceptors (Lipinski definition) is 9. The molecule has 1 aromatic heterocycles. The van der Waals surface area contributed by atoms with Gasteiger partial charge in [-0.3, -0.25) is 9.59 Å². The number of ether oxygens (including phenoxy) is 1. The third-order valence-electron chi connectivity index (χ3n) is 5.53. The zero-order chi connectivity index (χ0) is 31.5. The van der Waals surface area contributed by atoms with Gasteiger partial charge < -0.3 is 13.8 Å². The van der Waals surface area contributed by atoms with E-state index in [-0.39, 0.29) is 28.3 Å². The number of hydrogen-bond donors (Lipinski definition) is 0. The van der Waals surface area contributed by atoms with Crippen molar-refractivity contribution in [2.75, 3.05) is 24.7 Å². The molecule has 2 aromatic carbocycles. The summed E-state index contributed by atoms with van der Waals surface area (Å²) in [6.07, 6.45) is 2.84. The SMILES string of the molecule is CCCC(=O)SCCOP(Cc1ccc2sc(C(=O)Oc3c(F)c(F)c(F)c(F)c3F)cc2c1)OCCSC(=O)CCC. The van der Waals surface area contributed by atoms with Crippen molar-refractivity contribution in [3.05, 3.63) is 63.8 Å². The number of benzene rings is 2. The molecule has 0 amide bonds. The molecule has 234 valence electrons. The second-order valence-corrected chi connectivity index (χ2v) is 13.8. The molecular weight excluding hydrogens is 654 g/mol. The molecule has 0 unspecified atom stereocenters. The number of esters is 1. The summed E-state index contributed by atoms with van der Waals surface area (Å²) >= 11 is 3.30. The van der Waals surface area contributed by atoms with Gasteiger partial charge in [-0.25, -0.2) is 18.0 Å². The lowest BCUT2D eigenvalue weighted by molar-refractivity contribution is -0.111. The molecule has 3 aromatic rings. The van der Waals surface area contributed by atoms with Crippen LogP contribution in [0.25, 0.3) is 10.1 Å². The largest absolute Gasteiger partial charge is 0.416 e. The first-order valence-electron chi connectivity index (χ1n) is 13.2. The Hall–Kier alpha value is -2.09. The van der Waals surface area contributed by atoms with Crippen LogP contribution in [0.4, 0.5) is 22.0 Å². The number of fused-ring (bicyclic) bond motifs is 1. The Kier molecular flexibility index (Phi) is 14.3. The van der Waals surface area contributed by atoms with Gasteiger partial charge in [0.25, 0.3) is 0 Å². The molecular formula is C28H28F5O6PS3. The van der Waals surface area contributed by atoms with E-state index in [1.54, 1.807) is 18.2 Å². The quantitative estimate of drug-likeness (QED) is 0.0282. The van der Waals surface area contributed by atoms with Crippen molar-refractivity contribution in [3.63, 3.8) is 0 Å². The normalized spacial score (nSPS) is 11.4. The van der Waals surface area contributed by atoms with Gasteiger partial charge in [0.05, 0.1) is 13.2 Å². The molecule has 0 bridgehead atoms. The summed E-state index contributed by atoms with van der Waals surface area (Å²) in [7, 11) is -1.45. The summed E-state index contributed by atoms with van der Waals surface area (Å²) < 4.78 is 85.3. The standard InChI is InChI=1S/C28H28F5O6PS3/c1-3-5-20(34)41-11-9-37-40(38-10-12-42-21(35)6-4-2)15-16-7-8-18-17(13-16)14-19(43-18)28(36)39-27-25(32)23(30)22(29)24(31)26(27)33/h7-8,13-14H,3-6,9-12,15H2,1-2H3. The molecule has 3 rings (SSSR count). The molecule has 6 nitrogen and oxygen atoms in total. The van der Waals surface area contributed by atoms with Crippen LogP contribution >= 0.6 is 43.2 Å². The van der Waals surface area contributed by atoms with Gasteiger partial charge in [-0.05, 0) is 42.0 Å². The van der Waals surface area contributed by atoms with Crippen LogP contribution in [-0.2, 0) is 24.8 Å². The van der Waals surface area contributed by atoms with Crippen molar-refractivity contribution >= 4 is 69.5 Å². The van der Waals surface area contributed by atoms with Crippen LogP contribution in [-0.4, -0.2) is 40.9 Å². The maximum absolute atomic E-state index is 14.0. The molecule has 15 heteroatoms. The van der Waals surface area contributed by atoms with Crippen LogP contribution in [0.1, 0.15) is 54.8 Å². The van der Waals surface area contributed by atoms with Gasteiger partial charge >= 0.3 is 5.97 Å². The van der Waals surface area contributed by atoms with E-state index in [1.165, 1.54) is 29.6 Å². The Morgan fingerprint density at radius 1 is 0.791 bits per heavy atom. The smallest absolute Gasteiger partial charge is 0.353 e. The second-order valence-electron chi connectivity index (χ2n) is 8.87.